The van der Waals surface area contributed by atoms with Crippen LogP contribution >= 0.6 is 11.6 Å². The van der Waals surface area contributed by atoms with E-state index in [4.69, 9.17) is 25.8 Å². The van der Waals surface area contributed by atoms with E-state index in [1.807, 2.05) is 0 Å². The van der Waals surface area contributed by atoms with Crippen LogP contribution in [0.3, 0.4) is 0 Å². The van der Waals surface area contributed by atoms with Crippen molar-refractivity contribution in [3.05, 3.63) is 46.5 Å². The molecule has 9 nitrogen and oxygen atoms in total. The normalized spacial score (nSPS) is 24.5. The quantitative estimate of drug-likeness (QED) is 0.475. The lowest BCUT2D eigenvalue weighted by atomic mass is 9.69. The third-order valence-electron chi connectivity index (χ3n) is 7.81. The van der Waals surface area contributed by atoms with Gasteiger partial charge >= 0.3 is 0 Å². The van der Waals surface area contributed by atoms with Gasteiger partial charge in [0.15, 0.2) is 18.2 Å². The number of anilines is 1. The van der Waals surface area contributed by atoms with Gasteiger partial charge in [0.2, 0.25) is 5.88 Å². The molecular formula is C26H27ClFN5O4. The van der Waals surface area contributed by atoms with Crippen LogP contribution in [0, 0.1) is 5.82 Å². The van der Waals surface area contributed by atoms with E-state index >= 15 is 0 Å². The SMILES string of the molecule is COc1ccc2ncc(F)c(CCC34CCC(NCc5nc6c(cc5Cl)OCC(=O)N6)(CC3)CO4)c2n1. The van der Waals surface area contributed by atoms with Crippen molar-refractivity contribution in [2.75, 3.05) is 25.6 Å². The first-order valence-electron chi connectivity index (χ1n) is 12.4. The van der Waals surface area contributed by atoms with Gasteiger partial charge in [0, 0.05) is 29.8 Å². The van der Waals surface area contributed by atoms with Crippen LogP contribution in [0.25, 0.3) is 11.0 Å². The number of amides is 1. The summed E-state index contributed by atoms with van der Waals surface area (Å²) in [5.41, 5.74) is 1.92. The summed E-state index contributed by atoms with van der Waals surface area (Å²) in [5.74, 6) is 0.703. The van der Waals surface area contributed by atoms with Gasteiger partial charge in [0.1, 0.15) is 5.82 Å². The Kier molecular flexibility index (Phi) is 6.13. The second-order valence-corrected chi connectivity index (χ2v) is 10.4. The van der Waals surface area contributed by atoms with E-state index < -0.39 is 0 Å². The minimum Gasteiger partial charge on any atom is -0.481 e. The summed E-state index contributed by atoms with van der Waals surface area (Å²) in [5, 5.41) is 6.82. The second-order valence-electron chi connectivity index (χ2n) is 10.0. The van der Waals surface area contributed by atoms with E-state index in [-0.39, 0.29) is 29.5 Å². The maximum absolute atomic E-state index is 14.8. The first kappa shape index (κ1) is 24.3. The smallest absolute Gasteiger partial charge is 0.263 e. The maximum atomic E-state index is 14.8. The number of aryl methyl sites for hydroxylation is 1. The number of nitrogens with one attached hydrogen (secondary N) is 2. The lowest BCUT2D eigenvalue weighted by Gasteiger charge is -2.53. The minimum absolute atomic E-state index is 0.0421. The fourth-order valence-electron chi connectivity index (χ4n) is 5.51. The van der Waals surface area contributed by atoms with E-state index in [0.717, 1.165) is 25.7 Å². The van der Waals surface area contributed by atoms with Crippen molar-refractivity contribution >= 4 is 34.4 Å². The highest BCUT2D eigenvalue weighted by Crippen LogP contribution is 2.46. The van der Waals surface area contributed by atoms with E-state index in [1.54, 1.807) is 25.3 Å². The average molecular weight is 528 g/mol. The van der Waals surface area contributed by atoms with E-state index in [0.29, 0.717) is 70.8 Å². The molecule has 0 atom stereocenters. The molecule has 1 aliphatic carbocycles. The Morgan fingerprint density at radius 3 is 2.84 bits per heavy atom. The van der Waals surface area contributed by atoms with Gasteiger partial charge in [-0.2, -0.15) is 0 Å². The average Bonchev–Trinajstić information content (AvgIpc) is 2.92. The molecule has 11 heteroatoms. The van der Waals surface area contributed by atoms with E-state index in [2.05, 4.69) is 25.6 Å². The Balaban J connectivity index is 1.11. The van der Waals surface area contributed by atoms with Crippen molar-refractivity contribution in [3.8, 4) is 11.6 Å². The molecule has 194 valence electrons. The highest BCUT2D eigenvalue weighted by atomic mass is 35.5. The van der Waals surface area contributed by atoms with Gasteiger partial charge in [-0.3, -0.25) is 9.78 Å². The Hall–Kier alpha value is -3.08. The van der Waals surface area contributed by atoms with Gasteiger partial charge in [0.05, 0.1) is 47.3 Å². The number of nitrogens with zero attached hydrogens (tertiary/aromatic N) is 3. The Morgan fingerprint density at radius 2 is 2.08 bits per heavy atom. The number of carbonyl (C=O) groups excluding carboxylic acids is 1. The van der Waals surface area contributed by atoms with Crippen LogP contribution in [0.2, 0.25) is 5.02 Å². The predicted molar refractivity (Wildman–Crippen MR) is 134 cm³/mol. The molecule has 37 heavy (non-hydrogen) atoms. The number of fused-ring (bicyclic) bond motifs is 5. The fourth-order valence-corrected chi connectivity index (χ4v) is 5.72. The lowest BCUT2D eigenvalue weighted by Crippen LogP contribution is -2.61. The number of aromatic nitrogens is 3. The molecule has 3 aliphatic heterocycles. The fraction of sp³-hybridized carbons (Fsp3) is 0.462. The largest absolute Gasteiger partial charge is 0.481 e. The maximum Gasteiger partial charge on any atom is 0.263 e. The number of hydrogen-bond donors (Lipinski definition) is 2. The summed E-state index contributed by atoms with van der Waals surface area (Å²) >= 11 is 6.43. The molecule has 1 amide bonds. The highest BCUT2D eigenvalue weighted by molar-refractivity contribution is 6.31. The van der Waals surface area contributed by atoms with Crippen molar-refractivity contribution in [1.82, 2.24) is 20.3 Å². The molecule has 2 saturated heterocycles. The number of halogens is 2. The number of methoxy groups -OCH3 is 1. The number of hydrogen-bond acceptors (Lipinski definition) is 8. The van der Waals surface area contributed by atoms with Crippen molar-refractivity contribution in [1.29, 1.82) is 0 Å². The molecule has 4 aliphatic rings. The van der Waals surface area contributed by atoms with Gasteiger partial charge in [-0.25, -0.2) is 14.4 Å². The Bertz CT molecular complexity index is 1360. The molecular weight excluding hydrogens is 501 g/mol. The summed E-state index contributed by atoms with van der Waals surface area (Å²) in [7, 11) is 1.54. The van der Waals surface area contributed by atoms with Gasteiger partial charge in [-0.1, -0.05) is 11.6 Å². The van der Waals surface area contributed by atoms with Crippen LogP contribution < -0.4 is 20.1 Å². The lowest BCUT2D eigenvalue weighted by molar-refractivity contribution is -0.165. The molecule has 2 N–H and O–H groups in total. The van der Waals surface area contributed by atoms with Crippen molar-refractivity contribution in [3.63, 3.8) is 0 Å². The number of carbonyl (C=O) groups is 1. The zero-order chi connectivity index (χ0) is 25.6. The zero-order valence-electron chi connectivity index (χ0n) is 20.4. The minimum atomic E-state index is -0.358. The Labute approximate surface area is 218 Å². The van der Waals surface area contributed by atoms with Crippen molar-refractivity contribution in [2.45, 2.75) is 56.2 Å². The third-order valence-corrected chi connectivity index (χ3v) is 8.14. The summed E-state index contributed by atoms with van der Waals surface area (Å²) in [6, 6.07) is 5.21. The highest BCUT2D eigenvalue weighted by Gasteiger charge is 2.49. The molecule has 3 fully saturated rings. The van der Waals surface area contributed by atoms with Gasteiger partial charge in [-0.05, 0) is 44.6 Å². The molecule has 0 spiro atoms. The predicted octanol–water partition coefficient (Wildman–Crippen LogP) is 3.96. The zero-order valence-corrected chi connectivity index (χ0v) is 21.2. The standard InChI is InChI=1S/C26H27ClFN5O4/c1-35-22-3-2-18-23(33-22)15(17(28)11-29-18)4-5-26-8-6-25(7-9-26,14-37-26)30-12-19-16(27)10-20-24(31-19)32-21(34)13-36-20/h2-3,10-11,30H,4-9,12-14H2,1H3,(H,31,32,34). The first-order valence-corrected chi connectivity index (χ1v) is 12.7. The third kappa shape index (κ3) is 4.58. The van der Waals surface area contributed by atoms with Crippen LogP contribution in [0.1, 0.15) is 43.4 Å². The van der Waals surface area contributed by atoms with Gasteiger partial charge < -0.3 is 24.8 Å². The van der Waals surface area contributed by atoms with Crippen LogP contribution in [-0.2, 0) is 22.5 Å². The van der Waals surface area contributed by atoms with Gasteiger partial charge in [-0.15, -0.1) is 0 Å². The summed E-state index contributed by atoms with van der Waals surface area (Å²) in [4.78, 5) is 24.8. The molecule has 6 heterocycles. The molecule has 0 unspecified atom stereocenters. The number of pyridine rings is 3. The molecule has 2 bridgehead atoms. The summed E-state index contributed by atoms with van der Waals surface area (Å²) in [6.07, 6.45) is 6.08. The second kappa shape index (κ2) is 9.34. The molecule has 3 aromatic rings. The monoisotopic (exact) mass is 527 g/mol. The summed E-state index contributed by atoms with van der Waals surface area (Å²) in [6.45, 7) is 0.959. The number of ether oxygens (including phenoxy) is 3. The van der Waals surface area contributed by atoms with Crippen LogP contribution in [0.5, 0.6) is 11.6 Å². The molecule has 7 rings (SSSR count). The van der Waals surface area contributed by atoms with E-state index in [9.17, 15) is 9.18 Å². The van der Waals surface area contributed by atoms with Crippen molar-refractivity contribution in [2.24, 2.45) is 0 Å². The molecule has 3 aromatic heterocycles. The first-order chi connectivity index (χ1) is 17.9. The topological polar surface area (TPSA) is 107 Å². The van der Waals surface area contributed by atoms with Crippen molar-refractivity contribution < 1.29 is 23.4 Å². The molecule has 1 saturated carbocycles. The van der Waals surface area contributed by atoms with Crippen LogP contribution in [-0.4, -0.2) is 52.3 Å². The van der Waals surface area contributed by atoms with Crippen LogP contribution in [0.15, 0.2) is 24.4 Å². The van der Waals surface area contributed by atoms with Gasteiger partial charge in [0.25, 0.3) is 5.91 Å². The summed E-state index contributed by atoms with van der Waals surface area (Å²) < 4.78 is 31.8. The molecule has 0 aromatic carbocycles. The molecule has 0 radical (unpaired) electrons. The van der Waals surface area contributed by atoms with E-state index in [1.165, 1.54) is 6.20 Å². The Morgan fingerprint density at radius 1 is 1.24 bits per heavy atom. The van der Waals surface area contributed by atoms with Crippen LogP contribution in [0.4, 0.5) is 10.2 Å². The number of rotatable bonds is 7.